The molecule has 0 aliphatic carbocycles. The molecule has 1 aliphatic heterocycles. The number of aliphatic hydroxyl groups excluding tert-OH is 1. The maximum absolute atomic E-state index is 8.08. The molecule has 0 amide bonds. The molecule has 1 saturated heterocycles. The first-order valence-electron chi connectivity index (χ1n) is 8.71. The van der Waals surface area contributed by atoms with Crippen molar-refractivity contribution in [2.45, 2.75) is 6.10 Å². The average molecular weight is 344 g/mol. The summed E-state index contributed by atoms with van der Waals surface area (Å²) in [6, 6.07) is 28.9. The standard InChI is InChI=1S/C20H14O.C3H6O2/c1-3-11-17-15(7-1)9-5-13-19(17)21-20-14-6-10-16-8-2-4-12-18(16)20;4-1-3-2-5-3/h1-14H;3-4H,1-2H2. The molecule has 0 spiro atoms. The fourth-order valence-electron chi connectivity index (χ4n) is 2.86. The molecule has 0 radical (unpaired) electrons. The summed E-state index contributed by atoms with van der Waals surface area (Å²) < 4.78 is 10.8. The number of epoxide rings is 1. The van der Waals surface area contributed by atoms with E-state index >= 15 is 0 Å². The normalized spacial score (nSPS) is 15.3. The minimum absolute atomic E-state index is 0.190. The molecule has 3 heteroatoms. The first kappa shape index (κ1) is 16.6. The zero-order chi connectivity index (χ0) is 17.8. The van der Waals surface area contributed by atoms with Crippen LogP contribution in [0.3, 0.4) is 0 Å². The summed E-state index contributed by atoms with van der Waals surface area (Å²) in [5.41, 5.74) is 0. The van der Waals surface area contributed by atoms with Crippen LogP contribution in [0.2, 0.25) is 0 Å². The number of hydrogen-bond acceptors (Lipinski definition) is 3. The molecule has 1 heterocycles. The van der Waals surface area contributed by atoms with Crippen LogP contribution in [0.15, 0.2) is 84.9 Å². The maximum atomic E-state index is 8.08. The van der Waals surface area contributed by atoms with Crippen LogP contribution >= 0.6 is 0 Å². The fraction of sp³-hybridized carbons (Fsp3) is 0.130. The third kappa shape index (κ3) is 3.69. The van der Waals surface area contributed by atoms with Crippen molar-refractivity contribution in [1.29, 1.82) is 0 Å². The first-order chi connectivity index (χ1) is 12.8. The van der Waals surface area contributed by atoms with E-state index in [2.05, 4.69) is 41.1 Å². The Morgan fingerprint density at radius 3 is 1.62 bits per heavy atom. The summed E-state index contributed by atoms with van der Waals surface area (Å²) in [5, 5.41) is 12.7. The molecule has 26 heavy (non-hydrogen) atoms. The molecule has 1 aliphatic rings. The van der Waals surface area contributed by atoms with Gasteiger partial charge in [-0.15, -0.1) is 0 Å². The third-order valence-corrected chi connectivity index (χ3v) is 4.33. The Balaban J connectivity index is 0.000000292. The van der Waals surface area contributed by atoms with Gasteiger partial charge >= 0.3 is 0 Å². The summed E-state index contributed by atoms with van der Waals surface area (Å²) in [7, 11) is 0. The highest BCUT2D eigenvalue weighted by molar-refractivity contribution is 5.91. The summed E-state index contributed by atoms with van der Waals surface area (Å²) in [6.45, 7) is 0.955. The van der Waals surface area contributed by atoms with Crippen molar-refractivity contribution in [1.82, 2.24) is 0 Å². The second-order valence-electron chi connectivity index (χ2n) is 6.19. The Hall–Kier alpha value is -2.88. The van der Waals surface area contributed by atoms with Crippen molar-refractivity contribution < 1.29 is 14.6 Å². The zero-order valence-corrected chi connectivity index (χ0v) is 14.3. The van der Waals surface area contributed by atoms with Gasteiger partial charge in [0.25, 0.3) is 0 Å². The van der Waals surface area contributed by atoms with E-state index < -0.39 is 0 Å². The van der Waals surface area contributed by atoms with Gasteiger partial charge in [0.1, 0.15) is 17.6 Å². The van der Waals surface area contributed by atoms with Gasteiger partial charge in [-0.3, -0.25) is 0 Å². The van der Waals surface area contributed by atoms with E-state index in [1.54, 1.807) is 0 Å². The number of fused-ring (bicyclic) bond motifs is 2. The number of rotatable bonds is 3. The lowest BCUT2D eigenvalue weighted by atomic mass is 10.1. The van der Waals surface area contributed by atoms with Gasteiger partial charge in [0.05, 0.1) is 13.2 Å². The van der Waals surface area contributed by atoms with Gasteiger partial charge in [-0.25, -0.2) is 0 Å². The van der Waals surface area contributed by atoms with E-state index in [1.165, 1.54) is 10.8 Å². The predicted molar refractivity (Wildman–Crippen MR) is 105 cm³/mol. The summed E-state index contributed by atoms with van der Waals surface area (Å²) in [5.74, 6) is 1.79. The summed E-state index contributed by atoms with van der Waals surface area (Å²) in [6.07, 6.45) is 0.190. The van der Waals surface area contributed by atoms with Crippen molar-refractivity contribution in [3.05, 3.63) is 84.9 Å². The molecule has 130 valence electrons. The van der Waals surface area contributed by atoms with Crippen molar-refractivity contribution in [3.8, 4) is 11.5 Å². The molecule has 0 saturated carbocycles. The van der Waals surface area contributed by atoms with Crippen LogP contribution < -0.4 is 4.74 Å². The molecular weight excluding hydrogens is 324 g/mol. The van der Waals surface area contributed by atoms with Crippen molar-refractivity contribution in [2.75, 3.05) is 13.2 Å². The van der Waals surface area contributed by atoms with Gasteiger partial charge in [0, 0.05) is 10.8 Å². The molecule has 1 N–H and O–H groups in total. The maximum Gasteiger partial charge on any atom is 0.135 e. The zero-order valence-electron chi connectivity index (χ0n) is 14.3. The van der Waals surface area contributed by atoms with E-state index in [9.17, 15) is 0 Å². The quantitative estimate of drug-likeness (QED) is 0.522. The topological polar surface area (TPSA) is 42.0 Å². The molecule has 3 nitrogen and oxygen atoms in total. The largest absolute Gasteiger partial charge is 0.456 e. The first-order valence-corrected chi connectivity index (χ1v) is 8.71. The van der Waals surface area contributed by atoms with Crippen LogP contribution in [0, 0.1) is 0 Å². The van der Waals surface area contributed by atoms with E-state index in [1.807, 2.05) is 48.5 Å². The van der Waals surface area contributed by atoms with Crippen LogP contribution in [0.1, 0.15) is 0 Å². The number of hydrogen-bond donors (Lipinski definition) is 1. The Labute approximate surface area is 152 Å². The highest BCUT2D eigenvalue weighted by atomic mass is 16.6. The number of benzene rings is 4. The van der Waals surface area contributed by atoms with Crippen molar-refractivity contribution in [2.24, 2.45) is 0 Å². The third-order valence-electron chi connectivity index (χ3n) is 4.33. The Bertz CT molecular complexity index is 934. The minimum atomic E-state index is 0.190. The highest BCUT2D eigenvalue weighted by Crippen LogP contribution is 2.33. The highest BCUT2D eigenvalue weighted by Gasteiger charge is 2.19. The second-order valence-corrected chi connectivity index (χ2v) is 6.19. The van der Waals surface area contributed by atoms with Crippen LogP contribution in [0.5, 0.6) is 11.5 Å². The Morgan fingerprint density at radius 1 is 0.731 bits per heavy atom. The van der Waals surface area contributed by atoms with Crippen molar-refractivity contribution >= 4 is 21.5 Å². The fourth-order valence-corrected chi connectivity index (χ4v) is 2.86. The molecular formula is C23H20O3. The van der Waals surface area contributed by atoms with E-state index in [0.717, 1.165) is 28.9 Å². The number of ether oxygens (including phenoxy) is 2. The minimum Gasteiger partial charge on any atom is -0.456 e. The predicted octanol–water partition coefficient (Wildman–Crippen LogP) is 5.16. The van der Waals surface area contributed by atoms with Crippen molar-refractivity contribution in [3.63, 3.8) is 0 Å². The molecule has 0 bridgehead atoms. The van der Waals surface area contributed by atoms with Gasteiger partial charge in [-0.1, -0.05) is 72.8 Å². The molecule has 1 atom stereocenters. The van der Waals surface area contributed by atoms with Crippen LogP contribution in [-0.4, -0.2) is 24.4 Å². The lowest BCUT2D eigenvalue weighted by Gasteiger charge is -2.11. The lowest BCUT2D eigenvalue weighted by molar-refractivity contribution is 0.244. The van der Waals surface area contributed by atoms with Crippen LogP contribution in [-0.2, 0) is 4.74 Å². The van der Waals surface area contributed by atoms with E-state index in [4.69, 9.17) is 9.84 Å². The molecule has 5 rings (SSSR count). The Kier molecular flexibility index (Phi) is 4.82. The van der Waals surface area contributed by atoms with Gasteiger partial charge in [0.15, 0.2) is 0 Å². The van der Waals surface area contributed by atoms with Crippen LogP contribution in [0.4, 0.5) is 0 Å². The summed E-state index contributed by atoms with van der Waals surface area (Å²) >= 11 is 0. The van der Waals surface area contributed by atoms with E-state index in [0.29, 0.717) is 0 Å². The smallest absolute Gasteiger partial charge is 0.135 e. The van der Waals surface area contributed by atoms with Gasteiger partial charge in [-0.2, -0.15) is 0 Å². The van der Waals surface area contributed by atoms with Gasteiger partial charge in [-0.05, 0) is 22.9 Å². The van der Waals surface area contributed by atoms with E-state index in [-0.39, 0.29) is 12.7 Å². The second kappa shape index (κ2) is 7.56. The van der Waals surface area contributed by atoms with Gasteiger partial charge < -0.3 is 14.6 Å². The average Bonchev–Trinajstić information content (AvgIpc) is 3.54. The van der Waals surface area contributed by atoms with Crippen LogP contribution in [0.25, 0.3) is 21.5 Å². The molecule has 4 aromatic carbocycles. The van der Waals surface area contributed by atoms with Gasteiger partial charge in [0.2, 0.25) is 0 Å². The number of aliphatic hydroxyl groups is 1. The SMILES string of the molecule is OCC1CO1.c1ccc2c(Oc3cccc4ccccc34)cccc2c1. The monoisotopic (exact) mass is 344 g/mol. The molecule has 1 fully saturated rings. The molecule has 0 aromatic heterocycles. The molecule has 1 unspecified atom stereocenters. The Morgan fingerprint density at radius 2 is 1.19 bits per heavy atom. The molecule has 4 aromatic rings. The lowest BCUT2D eigenvalue weighted by Crippen LogP contribution is -1.88. The summed E-state index contributed by atoms with van der Waals surface area (Å²) in [4.78, 5) is 0.